The smallest absolute Gasteiger partial charge is 0.261 e. The molecule has 28 heavy (non-hydrogen) atoms. The first kappa shape index (κ1) is 20.4. The van der Waals surface area contributed by atoms with E-state index in [9.17, 15) is 13.2 Å². The van der Waals surface area contributed by atoms with Crippen LogP contribution in [0.5, 0.6) is 0 Å². The fraction of sp³-hybridized carbons (Fsp3) is 0.381. The highest BCUT2D eigenvalue weighted by atomic mass is 32.2. The lowest BCUT2D eigenvalue weighted by Crippen LogP contribution is -2.48. The second-order valence-electron chi connectivity index (χ2n) is 7.42. The van der Waals surface area contributed by atoms with E-state index in [2.05, 4.69) is 4.72 Å². The maximum Gasteiger partial charge on any atom is 0.261 e. The largest absolute Gasteiger partial charge is 0.372 e. The second kappa shape index (κ2) is 7.93. The first-order valence-corrected chi connectivity index (χ1v) is 10.8. The molecule has 2 aromatic carbocycles. The molecule has 1 N–H and O–H groups in total. The number of carbonyl (C=O) groups is 1. The number of aryl methyl sites for hydroxylation is 2. The first-order chi connectivity index (χ1) is 13.2. The van der Waals surface area contributed by atoms with Crippen molar-refractivity contribution < 1.29 is 17.9 Å². The zero-order valence-electron chi connectivity index (χ0n) is 16.6. The van der Waals surface area contributed by atoms with E-state index in [0.717, 1.165) is 11.1 Å². The van der Waals surface area contributed by atoms with Crippen LogP contribution in [0.15, 0.2) is 47.4 Å². The van der Waals surface area contributed by atoms with E-state index in [0.29, 0.717) is 24.3 Å². The Balaban J connectivity index is 1.88. The zero-order valence-corrected chi connectivity index (χ0v) is 17.4. The van der Waals surface area contributed by atoms with Crippen LogP contribution in [0, 0.1) is 13.8 Å². The van der Waals surface area contributed by atoms with Crippen molar-refractivity contribution in [2.75, 3.05) is 17.8 Å². The van der Waals surface area contributed by atoms with Gasteiger partial charge in [-0.15, -0.1) is 0 Å². The molecule has 1 fully saturated rings. The molecule has 0 bridgehead atoms. The van der Waals surface area contributed by atoms with E-state index < -0.39 is 10.0 Å². The topological polar surface area (TPSA) is 75.7 Å². The summed E-state index contributed by atoms with van der Waals surface area (Å²) in [6.07, 6.45) is -0.105. The van der Waals surface area contributed by atoms with Gasteiger partial charge in [-0.25, -0.2) is 8.42 Å². The van der Waals surface area contributed by atoms with Crippen LogP contribution in [-0.2, 0) is 14.8 Å². The Morgan fingerprint density at radius 3 is 2.25 bits per heavy atom. The third kappa shape index (κ3) is 4.54. The summed E-state index contributed by atoms with van der Waals surface area (Å²) < 4.78 is 33.8. The lowest BCUT2D eigenvalue weighted by atomic mass is 10.1. The summed E-state index contributed by atoms with van der Waals surface area (Å²) in [4.78, 5) is 14.8. The number of ether oxygens (including phenoxy) is 1. The van der Waals surface area contributed by atoms with Gasteiger partial charge in [-0.3, -0.25) is 9.52 Å². The number of hydrogen-bond acceptors (Lipinski definition) is 4. The number of nitrogens with one attached hydrogen (secondary N) is 1. The molecule has 6 nitrogen and oxygen atoms in total. The molecule has 1 aliphatic rings. The molecule has 0 unspecified atom stereocenters. The Labute approximate surface area is 166 Å². The molecule has 0 aliphatic carbocycles. The zero-order chi connectivity index (χ0) is 20.5. The van der Waals surface area contributed by atoms with Crippen molar-refractivity contribution in [3.63, 3.8) is 0 Å². The molecule has 3 rings (SSSR count). The van der Waals surface area contributed by atoms with Gasteiger partial charge in [0.15, 0.2) is 0 Å². The summed E-state index contributed by atoms with van der Waals surface area (Å²) in [5.41, 5.74) is 2.66. The summed E-state index contributed by atoms with van der Waals surface area (Å²) in [6.45, 7) is 8.57. The molecule has 0 saturated carbocycles. The third-order valence-corrected chi connectivity index (χ3v) is 6.14. The van der Waals surface area contributed by atoms with Gasteiger partial charge in [0, 0.05) is 24.3 Å². The van der Waals surface area contributed by atoms with Gasteiger partial charge in [-0.05, 0) is 57.5 Å². The lowest BCUT2D eigenvalue weighted by Gasteiger charge is -2.35. The minimum atomic E-state index is -3.80. The Morgan fingerprint density at radius 1 is 1.04 bits per heavy atom. The molecule has 150 valence electrons. The van der Waals surface area contributed by atoms with Gasteiger partial charge in [0.25, 0.3) is 15.9 Å². The second-order valence-corrected chi connectivity index (χ2v) is 9.10. The molecule has 1 amide bonds. The molecular weight excluding hydrogens is 376 g/mol. The van der Waals surface area contributed by atoms with Gasteiger partial charge < -0.3 is 9.64 Å². The summed E-state index contributed by atoms with van der Waals surface area (Å²) in [6, 6.07) is 11.7. The number of hydrogen-bond donors (Lipinski definition) is 1. The predicted octanol–water partition coefficient (Wildman–Crippen LogP) is 3.35. The Kier molecular flexibility index (Phi) is 5.76. The quantitative estimate of drug-likeness (QED) is 0.851. The van der Waals surface area contributed by atoms with Gasteiger partial charge in [-0.2, -0.15) is 0 Å². The van der Waals surface area contributed by atoms with Crippen LogP contribution in [0.1, 0.15) is 35.3 Å². The van der Waals surface area contributed by atoms with Gasteiger partial charge in [0.05, 0.1) is 17.1 Å². The number of carbonyl (C=O) groups excluding carboxylic acids is 1. The van der Waals surface area contributed by atoms with Crippen molar-refractivity contribution in [3.8, 4) is 0 Å². The number of rotatable bonds is 4. The fourth-order valence-corrected chi connectivity index (χ4v) is 4.43. The van der Waals surface area contributed by atoms with Gasteiger partial charge in [0.1, 0.15) is 0 Å². The van der Waals surface area contributed by atoms with Gasteiger partial charge in [-0.1, -0.05) is 23.8 Å². The van der Waals surface area contributed by atoms with E-state index in [-0.39, 0.29) is 23.0 Å². The fourth-order valence-electron chi connectivity index (χ4n) is 3.35. The van der Waals surface area contributed by atoms with Crippen LogP contribution in [-0.4, -0.2) is 44.5 Å². The molecule has 1 heterocycles. The molecular formula is C21H26N2O4S. The van der Waals surface area contributed by atoms with E-state index in [1.807, 2.05) is 39.8 Å². The van der Waals surface area contributed by atoms with Crippen molar-refractivity contribution in [2.45, 2.75) is 44.8 Å². The Morgan fingerprint density at radius 2 is 1.64 bits per heavy atom. The van der Waals surface area contributed by atoms with Crippen LogP contribution in [0.2, 0.25) is 0 Å². The summed E-state index contributed by atoms with van der Waals surface area (Å²) in [7, 11) is -3.80. The Hall–Kier alpha value is -2.38. The van der Waals surface area contributed by atoms with Crippen molar-refractivity contribution in [1.29, 1.82) is 0 Å². The summed E-state index contributed by atoms with van der Waals surface area (Å²) >= 11 is 0. The highest BCUT2D eigenvalue weighted by Crippen LogP contribution is 2.22. The molecule has 0 aromatic heterocycles. The van der Waals surface area contributed by atoms with Crippen LogP contribution in [0.4, 0.5) is 5.69 Å². The molecule has 0 radical (unpaired) electrons. The number of nitrogens with zero attached hydrogens (tertiary/aromatic N) is 1. The average molecular weight is 403 g/mol. The molecule has 2 aromatic rings. The van der Waals surface area contributed by atoms with Crippen molar-refractivity contribution in [3.05, 3.63) is 59.2 Å². The number of anilines is 1. The van der Waals surface area contributed by atoms with Crippen LogP contribution >= 0.6 is 0 Å². The van der Waals surface area contributed by atoms with Gasteiger partial charge in [0.2, 0.25) is 0 Å². The molecule has 7 heteroatoms. The standard InChI is InChI=1S/C21H26N2O4S/c1-14-5-8-18(9-6-14)22-28(25,26)19-10-7-15(2)20(11-19)21(24)23-12-16(3)27-17(4)13-23/h5-11,16-17,22H,12-13H2,1-4H3/t16-,17-/m0/s1. The molecule has 1 saturated heterocycles. The maximum atomic E-state index is 13.0. The summed E-state index contributed by atoms with van der Waals surface area (Å²) in [5.74, 6) is -0.174. The Bertz CT molecular complexity index is 960. The van der Waals surface area contributed by atoms with E-state index in [4.69, 9.17) is 4.74 Å². The molecule has 1 aliphatic heterocycles. The van der Waals surface area contributed by atoms with E-state index in [1.54, 1.807) is 23.1 Å². The van der Waals surface area contributed by atoms with Crippen molar-refractivity contribution in [2.24, 2.45) is 0 Å². The number of sulfonamides is 1. The number of benzene rings is 2. The predicted molar refractivity (Wildman–Crippen MR) is 109 cm³/mol. The number of morpholine rings is 1. The van der Waals surface area contributed by atoms with Gasteiger partial charge >= 0.3 is 0 Å². The van der Waals surface area contributed by atoms with Crippen LogP contribution in [0.25, 0.3) is 0 Å². The number of amides is 1. The normalized spacial score (nSPS) is 20.1. The SMILES string of the molecule is Cc1ccc(NS(=O)(=O)c2ccc(C)c(C(=O)N3C[C@H](C)O[C@@H](C)C3)c2)cc1. The minimum Gasteiger partial charge on any atom is -0.372 e. The van der Waals surface area contributed by atoms with E-state index >= 15 is 0 Å². The monoisotopic (exact) mass is 402 g/mol. The lowest BCUT2D eigenvalue weighted by molar-refractivity contribution is -0.0586. The highest BCUT2D eigenvalue weighted by Gasteiger charge is 2.28. The third-order valence-electron chi connectivity index (χ3n) is 4.76. The van der Waals surface area contributed by atoms with Crippen LogP contribution < -0.4 is 4.72 Å². The van der Waals surface area contributed by atoms with Crippen molar-refractivity contribution >= 4 is 21.6 Å². The minimum absolute atomic E-state index is 0.0527. The van der Waals surface area contributed by atoms with E-state index in [1.165, 1.54) is 12.1 Å². The molecule has 2 atom stereocenters. The van der Waals surface area contributed by atoms with Crippen LogP contribution in [0.3, 0.4) is 0 Å². The first-order valence-electron chi connectivity index (χ1n) is 9.30. The molecule has 0 spiro atoms. The maximum absolute atomic E-state index is 13.0. The summed E-state index contributed by atoms with van der Waals surface area (Å²) in [5, 5.41) is 0. The highest BCUT2D eigenvalue weighted by molar-refractivity contribution is 7.92. The average Bonchev–Trinajstić information content (AvgIpc) is 2.62. The van der Waals surface area contributed by atoms with Crippen molar-refractivity contribution in [1.82, 2.24) is 4.90 Å².